The summed E-state index contributed by atoms with van der Waals surface area (Å²) in [4.78, 5) is 11.6. The van der Waals surface area contributed by atoms with E-state index in [0.29, 0.717) is 0 Å². The number of fused-ring (bicyclic) bond motifs is 4. The zero-order chi connectivity index (χ0) is 15.4. The summed E-state index contributed by atoms with van der Waals surface area (Å²) in [6, 6.07) is 13.5. The molecular formula is C21H24O. The fourth-order valence-electron chi connectivity index (χ4n) is 3.44. The van der Waals surface area contributed by atoms with Gasteiger partial charge in [0.25, 0.3) is 0 Å². The fraction of sp³-hybridized carbons (Fsp3) is 0.381. The van der Waals surface area contributed by atoms with Crippen LogP contribution < -0.4 is 0 Å². The van der Waals surface area contributed by atoms with Crippen LogP contribution in [0.2, 0.25) is 0 Å². The minimum atomic E-state index is 0.953. The van der Waals surface area contributed by atoms with E-state index in [-0.39, 0.29) is 0 Å². The van der Waals surface area contributed by atoms with Crippen molar-refractivity contribution in [1.82, 2.24) is 0 Å². The highest BCUT2D eigenvalue weighted by Crippen LogP contribution is 2.23. The molecule has 1 aliphatic carbocycles. The first-order chi connectivity index (χ1) is 10.8. The molecule has 0 saturated heterocycles. The first kappa shape index (κ1) is 15.0. The van der Waals surface area contributed by atoms with Gasteiger partial charge in [-0.3, -0.25) is 4.79 Å². The number of carbonyl (C=O) groups is 1. The van der Waals surface area contributed by atoms with Gasteiger partial charge < -0.3 is 0 Å². The van der Waals surface area contributed by atoms with E-state index in [9.17, 15) is 4.79 Å². The molecule has 114 valence electrons. The van der Waals surface area contributed by atoms with Crippen LogP contribution in [0, 0.1) is 0 Å². The average Bonchev–Trinajstić information content (AvgIpc) is 2.55. The third kappa shape index (κ3) is 3.30. The molecule has 0 saturated carbocycles. The number of benzene rings is 2. The third-order valence-corrected chi connectivity index (χ3v) is 4.71. The molecule has 1 nitrogen and oxygen atoms in total. The number of hydrogen-bond acceptors (Lipinski definition) is 1. The van der Waals surface area contributed by atoms with Crippen LogP contribution in [0.3, 0.4) is 0 Å². The van der Waals surface area contributed by atoms with Crippen molar-refractivity contribution in [2.24, 2.45) is 0 Å². The Morgan fingerprint density at radius 1 is 0.955 bits per heavy atom. The van der Waals surface area contributed by atoms with Crippen LogP contribution in [0.25, 0.3) is 0 Å². The SMILES string of the molecule is CCCCc1cc2cc(c1C=O)CCc1cccc(c1)CC2. The Hall–Kier alpha value is -1.89. The van der Waals surface area contributed by atoms with Crippen molar-refractivity contribution in [3.05, 3.63) is 69.8 Å². The molecule has 1 aliphatic rings. The predicted molar refractivity (Wildman–Crippen MR) is 91.7 cm³/mol. The Morgan fingerprint density at radius 3 is 2.41 bits per heavy atom. The van der Waals surface area contributed by atoms with E-state index in [2.05, 4.69) is 43.3 Å². The molecule has 0 heterocycles. The average molecular weight is 292 g/mol. The van der Waals surface area contributed by atoms with Crippen molar-refractivity contribution in [3.8, 4) is 0 Å². The van der Waals surface area contributed by atoms with Crippen LogP contribution in [-0.4, -0.2) is 6.29 Å². The summed E-state index contributed by atoms with van der Waals surface area (Å²) < 4.78 is 0. The van der Waals surface area contributed by atoms with Gasteiger partial charge in [-0.15, -0.1) is 0 Å². The van der Waals surface area contributed by atoms with Gasteiger partial charge in [-0.1, -0.05) is 49.7 Å². The first-order valence-corrected chi connectivity index (χ1v) is 8.48. The van der Waals surface area contributed by atoms with E-state index in [1.165, 1.54) is 34.2 Å². The molecule has 3 rings (SSSR count). The minimum absolute atomic E-state index is 0.953. The van der Waals surface area contributed by atoms with E-state index in [1.807, 2.05) is 0 Å². The lowest BCUT2D eigenvalue weighted by Crippen LogP contribution is -2.06. The summed E-state index contributed by atoms with van der Waals surface area (Å²) in [6.45, 7) is 2.20. The molecule has 4 bridgehead atoms. The summed E-state index contributed by atoms with van der Waals surface area (Å²) in [5.41, 5.74) is 7.65. The molecule has 0 atom stereocenters. The highest BCUT2D eigenvalue weighted by atomic mass is 16.1. The monoisotopic (exact) mass is 292 g/mol. The summed E-state index contributed by atoms with van der Waals surface area (Å²) in [7, 11) is 0. The minimum Gasteiger partial charge on any atom is -0.298 e. The van der Waals surface area contributed by atoms with Gasteiger partial charge in [0.05, 0.1) is 0 Å². The lowest BCUT2D eigenvalue weighted by Gasteiger charge is -2.16. The van der Waals surface area contributed by atoms with Gasteiger partial charge >= 0.3 is 0 Å². The molecule has 0 amide bonds. The van der Waals surface area contributed by atoms with Gasteiger partial charge in [0.15, 0.2) is 6.29 Å². The second-order valence-electron chi connectivity index (χ2n) is 6.37. The maximum Gasteiger partial charge on any atom is 0.150 e. The zero-order valence-corrected chi connectivity index (χ0v) is 13.4. The van der Waals surface area contributed by atoms with Crippen LogP contribution in [0.1, 0.15) is 57.9 Å². The molecule has 0 fully saturated rings. The van der Waals surface area contributed by atoms with E-state index in [1.54, 1.807) is 0 Å². The van der Waals surface area contributed by atoms with Crippen molar-refractivity contribution >= 4 is 6.29 Å². The molecule has 22 heavy (non-hydrogen) atoms. The molecule has 0 unspecified atom stereocenters. The molecule has 0 N–H and O–H groups in total. The standard InChI is InChI=1S/C21H24O/c1-2-3-7-19-13-18-9-8-16-5-4-6-17(12-16)10-11-20(14-18)21(19)15-22/h4-6,12-15H,2-3,7-11H2,1H3. The summed E-state index contributed by atoms with van der Waals surface area (Å²) in [5.74, 6) is 0. The molecule has 0 radical (unpaired) electrons. The third-order valence-electron chi connectivity index (χ3n) is 4.71. The smallest absolute Gasteiger partial charge is 0.150 e. The number of unbranched alkanes of at least 4 members (excludes halogenated alkanes) is 1. The van der Waals surface area contributed by atoms with Crippen molar-refractivity contribution in [1.29, 1.82) is 0 Å². The number of aryl methyl sites for hydroxylation is 5. The second kappa shape index (κ2) is 6.91. The number of hydrogen-bond donors (Lipinski definition) is 0. The van der Waals surface area contributed by atoms with Gasteiger partial charge in [0.1, 0.15) is 0 Å². The van der Waals surface area contributed by atoms with Gasteiger partial charge in [0, 0.05) is 5.56 Å². The molecular weight excluding hydrogens is 268 g/mol. The molecule has 2 aromatic carbocycles. The summed E-state index contributed by atoms with van der Waals surface area (Å²) in [5, 5.41) is 0. The Kier molecular flexibility index (Phi) is 4.72. The normalized spacial score (nSPS) is 13.7. The van der Waals surface area contributed by atoms with Crippen molar-refractivity contribution in [2.45, 2.75) is 51.9 Å². The highest BCUT2D eigenvalue weighted by Gasteiger charge is 2.12. The number of rotatable bonds is 4. The number of aldehydes is 1. The van der Waals surface area contributed by atoms with Crippen molar-refractivity contribution in [2.75, 3.05) is 0 Å². The Morgan fingerprint density at radius 2 is 1.68 bits per heavy atom. The van der Waals surface area contributed by atoms with Crippen molar-refractivity contribution < 1.29 is 4.79 Å². The van der Waals surface area contributed by atoms with Gasteiger partial charge in [-0.25, -0.2) is 0 Å². The topological polar surface area (TPSA) is 17.1 Å². The predicted octanol–water partition coefficient (Wildman–Crippen LogP) is 4.73. The quantitative estimate of drug-likeness (QED) is 0.745. The van der Waals surface area contributed by atoms with Crippen LogP contribution in [0.4, 0.5) is 0 Å². The zero-order valence-electron chi connectivity index (χ0n) is 13.4. The van der Waals surface area contributed by atoms with Crippen LogP contribution in [0.15, 0.2) is 36.4 Å². The van der Waals surface area contributed by atoms with Crippen LogP contribution in [0.5, 0.6) is 0 Å². The van der Waals surface area contributed by atoms with Crippen LogP contribution >= 0.6 is 0 Å². The lowest BCUT2D eigenvalue weighted by atomic mass is 9.88. The van der Waals surface area contributed by atoms with E-state index < -0.39 is 0 Å². The Labute approximate surface area is 133 Å². The molecule has 0 spiro atoms. The molecule has 1 heteroatoms. The highest BCUT2D eigenvalue weighted by molar-refractivity contribution is 5.80. The largest absolute Gasteiger partial charge is 0.298 e. The maximum absolute atomic E-state index is 11.6. The van der Waals surface area contributed by atoms with Crippen molar-refractivity contribution in [3.63, 3.8) is 0 Å². The molecule has 2 aromatic rings. The lowest BCUT2D eigenvalue weighted by molar-refractivity contribution is 0.112. The molecule has 0 aliphatic heterocycles. The molecule has 0 aromatic heterocycles. The Balaban J connectivity index is 1.99. The van der Waals surface area contributed by atoms with E-state index >= 15 is 0 Å². The second-order valence-corrected chi connectivity index (χ2v) is 6.37. The van der Waals surface area contributed by atoms with E-state index in [0.717, 1.165) is 50.4 Å². The van der Waals surface area contributed by atoms with Gasteiger partial charge in [-0.2, -0.15) is 0 Å². The number of carbonyl (C=O) groups excluding carboxylic acids is 1. The van der Waals surface area contributed by atoms with Gasteiger partial charge in [-0.05, 0) is 66.3 Å². The van der Waals surface area contributed by atoms with Gasteiger partial charge in [0.2, 0.25) is 0 Å². The Bertz CT molecular complexity index is 670. The first-order valence-electron chi connectivity index (χ1n) is 8.48. The van der Waals surface area contributed by atoms with Crippen LogP contribution in [-0.2, 0) is 32.1 Å². The fourth-order valence-corrected chi connectivity index (χ4v) is 3.44. The summed E-state index contributed by atoms with van der Waals surface area (Å²) in [6.07, 6.45) is 8.56. The van der Waals surface area contributed by atoms with E-state index in [4.69, 9.17) is 0 Å². The summed E-state index contributed by atoms with van der Waals surface area (Å²) >= 11 is 0. The maximum atomic E-state index is 11.6.